The second-order valence-corrected chi connectivity index (χ2v) is 5.46. The predicted octanol–water partition coefficient (Wildman–Crippen LogP) is 3.94. The molecule has 0 unspecified atom stereocenters. The minimum atomic E-state index is -0.970. The summed E-state index contributed by atoms with van der Waals surface area (Å²) >= 11 is 0. The van der Waals surface area contributed by atoms with E-state index in [1.807, 2.05) is 30.3 Å². The number of methoxy groups -OCH3 is 1. The number of hydrogen-bond donors (Lipinski definition) is 1. The number of carboxylic acid groups (broad SMARTS) is 1. The molecule has 1 aromatic heterocycles. The number of hydrogen-bond acceptors (Lipinski definition) is 4. The van der Waals surface area contributed by atoms with Gasteiger partial charge in [0.15, 0.2) is 17.1 Å². The molecule has 1 heterocycles. The van der Waals surface area contributed by atoms with Crippen molar-refractivity contribution in [1.82, 2.24) is 0 Å². The number of aliphatic carboxylic acids is 1. The number of Topliss-reactive ketones (excluding diaryl/α,β-unsaturated/α-hetero) is 1. The Balaban J connectivity index is 2.36. The van der Waals surface area contributed by atoms with E-state index in [2.05, 4.69) is 0 Å². The van der Waals surface area contributed by atoms with E-state index in [1.54, 1.807) is 12.1 Å². The van der Waals surface area contributed by atoms with Crippen LogP contribution in [0.2, 0.25) is 0 Å². The molecule has 0 aliphatic heterocycles. The lowest BCUT2D eigenvalue weighted by molar-refractivity contribution is -0.136. The Labute approximate surface area is 138 Å². The van der Waals surface area contributed by atoms with Gasteiger partial charge in [0, 0.05) is 22.1 Å². The summed E-state index contributed by atoms with van der Waals surface area (Å²) in [5.41, 5.74) is 2.20. The van der Waals surface area contributed by atoms with Gasteiger partial charge >= 0.3 is 5.97 Å². The molecule has 5 nitrogen and oxygen atoms in total. The topological polar surface area (TPSA) is 76.7 Å². The summed E-state index contributed by atoms with van der Waals surface area (Å²) in [6.45, 7) is 1.45. The Bertz CT molecular complexity index is 922. The number of carboxylic acids is 1. The fourth-order valence-electron chi connectivity index (χ4n) is 2.72. The third-order valence-electron chi connectivity index (χ3n) is 3.85. The van der Waals surface area contributed by atoms with Gasteiger partial charge in [0.1, 0.15) is 5.76 Å². The molecule has 0 aliphatic rings. The molecule has 0 aliphatic carbocycles. The van der Waals surface area contributed by atoms with E-state index < -0.39 is 5.97 Å². The van der Waals surface area contributed by atoms with Crippen molar-refractivity contribution in [3.8, 4) is 17.1 Å². The molecule has 0 amide bonds. The summed E-state index contributed by atoms with van der Waals surface area (Å²) in [5, 5.41) is 9.87. The van der Waals surface area contributed by atoms with Crippen molar-refractivity contribution in [2.24, 2.45) is 0 Å². The highest BCUT2D eigenvalue weighted by molar-refractivity contribution is 6.02. The van der Waals surface area contributed by atoms with Gasteiger partial charge < -0.3 is 14.3 Å². The molecule has 3 aromatic rings. The molecule has 122 valence electrons. The zero-order valence-electron chi connectivity index (χ0n) is 13.3. The standard InChI is InChI=1S/C19H16O5/c1-11(20)13-8-14-15(10-17(21)22)18(12-6-4-3-5-7-12)24-19(14)16(9-13)23-2/h3-9H,10H2,1-2H3,(H,21,22). The van der Waals surface area contributed by atoms with E-state index in [1.165, 1.54) is 14.0 Å². The van der Waals surface area contributed by atoms with Gasteiger partial charge in [0.05, 0.1) is 13.5 Å². The Morgan fingerprint density at radius 3 is 2.46 bits per heavy atom. The van der Waals surface area contributed by atoms with Crippen LogP contribution in [0.4, 0.5) is 0 Å². The maximum Gasteiger partial charge on any atom is 0.307 e. The van der Waals surface area contributed by atoms with Gasteiger partial charge in [0.2, 0.25) is 0 Å². The molecule has 0 saturated carbocycles. The number of furan rings is 1. The van der Waals surface area contributed by atoms with Crippen LogP contribution >= 0.6 is 0 Å². The van der Waals surface area contributed by atoms with Gasteiger partial charge in [-0.05, 0) is 19.1 Å². The fourth-order valence-corrected chi connectivity index (χ4v) is 2.72. The molecule has 5 heteroatoms. The molecular weight excluding hydrogens is 308 g/mol. The van der Waals surface area contributed by atoms with E-state index in [0.29, 0.717) is 33.6 Å². The summed E-state index contributed by atoms with van der Waals surface area (Å²) < 4.78 is 11.3. The monoisotopic (exact) mass is 324 g/mol. The van der Waals surface area contributed by atoms with Crippen LogP contribution in [0.25, 0.3) is 22.3 Å². The molecule has 24 heavy (non-hydrogen) atoms. The second-order valence-electron chi connectivity index (χ2n) is 5.46. The summed E-state index contributed by atoms with van der Waals surface area (Å²) in [6.07, 6.45) is -0.207. The molecule has 0 fully saturated rings. The van der Waals surface area contributed by atoms with E-state index in [-0.39, 0.29) is 12.2 Å². The molecule has 0 bridgehead atoms. The number of carbonyl (C=O) groups is 2. The highest BCUT2D eigenvalue weighted by Crippen LogP contribution is 2.39. The molecule has 0 spiro atoms. The Morgan fingerprint density at radius 1 is 1.17 bits per heavy atom. The van der Waals surface area contributed by atoms with Gasteiger partial charge in [-0.2, -0.15) is 0 Å². The zero-order valence-corrected chi connectivity index (χ0v) is 13.3. The van der Waals surface area contributed by atoms with Gasteiger partial charge in [-0.15, -0.1) is 0 Å². The van der Waals surface area contributed by atoms with Gasteiger partial charge in [-0.1, -0.05) is 30.3 Å². The van der Waals surface area contributed by atoms with Crippen LogP contribution in [0.15, 0.2) is 46.9 Å². The van der Waals surface area contributed by atoms with Crippen molar-refractivity contribution in [3.63, 3.8) is 0 Å². The number of ketones is 1. The zero-order chi connectivity index (χ0) is 17.3. The molecule has 2 aromatic carbocycles. The van der Waals surface area contributed by atoms with E-state index in [9.17, 15) is 14.7 Å². The van der Waals surface area contributed by atoms with Crippen molar-refractivity contribution < 1.29 is 23.8 Å². The highest BCUT2D eigenvalue weighted by Gasteiger charge is 2.22. The lowest BCUT2D eigenvalue weighted by atomic mass is 10.0. The summed E-state index contributed by atoms with van der Waals surface area (Å²) in [5.74, 6) is -0.209. The molecule has 3 rings (SSSR count). The van der Waals surface area contributed by atoms with Crippen LogP contribution < -0.4 is 4.74 Å². The number of fused-ring (bicyclic) bond motifs is 1. The number of rotatable bonds is 5. The lowest BCUT2D eigenvalue weighted by Gasteiger charge is -2.04. The van der Waals surface area contributed by atoms with E-state index >= 15 is 0 Å². The number of carbonyl (C=O) groups excluding carboxylic acids is 1. The van der Waals surface area contributed by atoms with Crippen molar-refractivity contribution in [2.45, 2.75) is 13.3 Å². The smallest absolute Gasteiger partial charge is 0.307 e. The Morgan fingerprint density at radius 2 is 1.88 bits per heavy atom. The third kappa shape index (κ3) is 2.76. The van der Waals surface area contributed by atoms with Gasteiger partial charge in [0.25, 0.3) is 0 Å². The van der Waals surface area contributed by atoms with Crippen molar-refractivity contribution in [3.05, 3.63) is 53.6 Å². The maximum absolute atomic E-state index is 11.8. The van der Waals surface area contributed by atoms with Crippen LogP contribution in [0.5, 0.6) is 5.75 Å². The highest BCUT2D eigenvalue weighted by atomic mass is 16.5. The van der Waals surface area contributed by atoms with Gasteiger partial charge in [-0.3, -0.25) is 9.59 Å². The third-order valence-corrected chi connectivity index (χ3v) is 3.85. The molecular formula is C19H16O5. The average Bonchev–Trinajstić information content (AvgIpc) is 2.92. The van der Waals surface area contributed by atoms with Crippen molar-refractivity contribution in [1.29, 1.82) is 0 Å². The minimum Gasteiger partial charge on any atom is -0.493 e. The maximum atomic E-state index is 11.8. The van der Waals surface area contributed by atoms with Gasteiger partial charge in [-0.25, -0.2) is 0 Å². The number of benzene rings is 2. The molecule has 0 radical (unpaired) electrons. The van der Waals surface area contributed by atoms with Crippen molar-refractivity contribution in [2.75, 3.05) is 7.11 Å². The first kappa shape index (κ1) is 15.8. The average molecular weight is 324 g/mol. The van der Waals surface area contributed by atoms with E-state index in [0.717, 1.165) is 5.56 Å². The first-order valence-corrected chi connectivity index (χ1v) is 7.42. The SMILES string of the molecule is COc1cc(C(C)=O)cc2c(CC(=O)O)c(-c3ccccc3)oc12. The Kier molecular flexibility index (Phi) is 4.08. The number of ether oxygens (including phenoxy) is 1. The molecule has 1 N–H and O–H groups in total. The lowest BCUT2D eigenvalue weighted by Crippen LogP contribution is -2.01. The van der Waals surface area contributed by atoms with Crippen LogP contribution in [-0.4, -0.2) is 24.0 Å². The quantitative estimate of drug-likeness (QED) is 0.719. The minimum absolute atomic E-state index is 0.126. The first-order valence-electron chi connectivity index (χ1n) is 7.42. The first-order chi connectivity index (χ1) is 11.5. The largest absolute Gasteiger partial charge is 0.493 e. The van der Waals surface area contributed by atoms with Crippen LogP contribution in [0.1, 0.15) is 22.8 Å². The Hall–Kier alpha value is -3.08. The van der Waals surface area contributed by atoms with Crippen molar-refractivity contribution >= 4 is 22.7 Å². The summed E-state index contributed by atoms with van der Waals surface area (Å²) in [4.78, 5) is 23.1. The normalized spacial score (nSPS) is 10.8. The van der Waals surface area contributed by atoms with Crippen LogP contribution in [0.3, 0.4) is 0 Å². The van der Waals surface area contributed by atoms with Crippen LogP contribution in [0, 0.1) is 0 Å². The second kappa shape index (κ2) is 6.20. The molecule has 0 saturated heterocycles. The summed E-state index contributed by atoms with van der Waals surface area (Å²) in [6, 6.07) is 12.5. The predicted molar refractivity (Wildman–Crippen MR) is 89.5 cm³/mol. The summed E-state index contributed by atoms with van der Waals surface area (Å²) in [7, 11) is 1.49. The van der Waals surface area contributed by atoms with Crippen LogP contribution in [-0.2, 0) is 11.2 Å². The fraction of sp³-hybridized carbons (Fsp3) is 0.158. The van der Waals surface area contributed by atoms with E-state index in [4.69, 9.17) is 9.15 Å². The molecule has 0 atom stereocenters.